The van der Waals surface area contributed by atoms with Crippen molar-refractivity contribution >= 4 is 22.4 Å². The van der Waals surface area contributed by atoms with E-state index in [0.29, 0.717) is 30.1 Å². The van der Waals surface area contributed by atoms with Crippen LogP contribution in [-0.4, -0.2) is 44.6 Å². The molecule has 0 N–H and O–H groups in total. The smallest absolute Gasteiger partial charge is 0.478 e. The van der Waals surface area contributed by atoms with Crippen LogP contribution in [0.1, 0.15) is 47.2 Å². The van der Waals surface area contributed by atoms with E-state index in [0.717, 1.165) is 0 Å². The van der Waals surface area contributed by atoms with Crippen molar-refractivity contribution in [2.75, 3.05) is 12.9 Å². The average molecular weight is 355 g/mol. The summed E-state index contributed by atoms with van der Waals surface area (Å²) in [6, 6.07) is 1.58. The molecule has 1 fully saturated rings. The van der Waals surface area contributed by atoms with Crippen LogP contribution in [0.15, 0.2) is 11.0 Å². The highest BCUT2D eigenvalue weighted by molar-refractivity contribution is 7.90. The van der Waals surface area contributed by atoms with Crippen LogP contribution in [0.3, 0.4) is 0 Å². The van der Waals surface area contributed by atoms with Crippen LogP contribution < -0.4 is 10.2 Å². The standard InChI is InChI=1S/C16H26BNO5S/c1-8-12-13(24(7,19)20)10-11(14(18-12)21-9-2)17-22-15(3,4)16(5,6)23-17/h10H,8-9H2,1-7H3. The summed E-state index contributed by atoms with van der Waals surface area (Å²) in [6.07, 6.45) is 1.67. The van der Waals surface area contributed by atoms with Crippen LogP contribution in [0.4, 0.5) is 0 Å². The molecule has 0 bridgehead atoms. The summed E-state index contributed by atoms with van der Waals surface area (Å²) in [4.78, 5) is 4.62. The Morgan fingerprint density at radius 3 is 2.12 bits per heavy atom. The third kappa shape index (κ3) is 3.46. The van der Waals surface area contributed by atoms with Gasteiger partial charge in [0.15, 0.2) is 9.84 Å². The Morgan fingerprint density at radius 1 is 1.17 bits per heavy atom. The van der Waals surface area contributed by atoms with Crippen molar-refractivity contribution in [2.24, 2.45) is 0 Å². The summed E-state index contributed by atoms with van der Waals surface area (Å²) in [6.45, 7) is 11.9. The Morgan fingerprint density at radius 2 is 1.71 bits per heavy atom. The molecule has 1 saturated heterocycles. The van der Waals surface area contributed by atoms with E-state index < -0.39 is 28.2 Å². The number of hydrogen-bond acceptors (Lipinski definition) is 6. The second kappa shape index (κ2) is 6.31. The van der Waals surface area contributed by atoms with Gasteiger partial charge in [-0.05, 0) is 47.1 Å². The maximum Gasteiger partial charge on any atom is 0.500 e. The molecule has 0 spiro atoms. The van der Waals surface area contributed by atoms with Gasteiger partial charge in [-0.25, -0.2) is 13.4 Å². The van der Waals surface area contributed by atoms with Crippen molar-refractivity contribution in [3.63, 3.8) is 0 Å². The normalized spacial score (nSPS) is 19.5. The highest BCUT2D eigenvalue weighted by Crippen LogP contribution is 2.37. The Labute approximate surface area is 145 Å². The number of nitrogens with zero attached hydrogens (tertiary/aromatic N) is 1. The molecule has 0 aromatic carbocycles. The first-order valence-electron chi connectivity index (χ1n) is 8.15. The van der Waals surface area contributed by atoms with Gasteiger partial charge in [0.25, 0.3) is 0 Å². The van der Waals surface area contributed by atoms with E-state index in [1.54, 1.807) is 6.07 Å². The Bertz CT molecular complexity index is 714. The monoisotopic (exact) mass is 355 g/mol. The molecule has 0 amide bonds. The van der Waals surface area contributed by atoms with Crippen LogP contribution in [0.25, 0.3) is 0 Å². The molecule has 1 aromatic heterocycles. The molecule has 8 heteroatoms. The molecule has 6 nitrogen and oxygen atoms in total. The van der Waals surface area contributed by atoms with Crippen LogP contribution >= 0.6 is 0 Å². The van der Waals surface area contributed by atoms with Crippen molar-refractivity contribution < 1.29 is 22.5 Å². The third-order valence-electron chi connectivity index (χ3n) is 4.58. The first-order valence-corrected chi connectivity index (χ1v) is 10.0. The van der Waals surface area contributed by atoms with E-state index >= 15 is 0 Å². The van der Waals surface area contributed by atoms with Gasteiger partial charge in [0.1, 0.15) is 0 Å². The van der Waals surface area contributed by atoms with Gasteiger partial charge < -0.3 is 14.0 Å². The summed E-state index contributed by atoms with van der Waals surface area (Å²) < 4.78 is 42.0. The molecule has 1 aromatic rings. The van der Waals surface area contributed by atoms with Gasteiger partial charge >= 0.3 is 7.12 Å². The fraction of sp³-hybridized carbons (Fsp3) is 0.688. The van der Waals surface area contributed by atoms with Crippen LogP contribution in [0.2, 0.25) is 0 Å². The van der Waals surface area contributed by atoms with Gasteiger partial charge in [-0.3, -0.25) is 0 Å². The average Bonchev–Trinajstić information content (AvgIpc) is 2.65. The lowest BCUT2D eigenvalue weighted by Crippen LogP contribution is -2.41. The topological polar surface area (TPSA) is 74.7 Å². The molecule has 134 valence electrons. The van der Waals surface area contributed by atoms with Gasteiger partial charge in [-0.1, -0.05) is 6.92 Å². The van der Waals surface area contributed by atoms with Crippen LogP contribution in [0, 0.1) is 0 Å². The lowest BCUT2D eigenvalue weighted by Gasteiger charge is -2.32. The summed E-state index contributed by atoms with van der Waals surface area (Å²) >= 11 is 0. The number of ether oxygens (including phenoxy) is 1. The molecule has 2 heterocycles. The predicted molar refractivity (Wildman–Crippen MR) is 93.6 cm³/mol. The molecule has 24 heavy (non-hydrogen) atoms. The number of rotatable bonds is 5. The Hall–Kier alpha value is -1.12. The van der Waals surface area contributed by atoms with Gasteiger partial charge in [0, 0.05) is 11.7 Å². The zero-order chi connectivity index (χ0) is 18.3. The molecule has 1 aliphatic rings. The second-order valence-corrected chi connectivity index (χ2v) is 8.96. The summed E-state index contributed by atoms with van der Waals surface area (Å²) in [5.74, 6) is 0.361. The fourth-order valence-corrected chi connectivity index (χ4v) is 3.45. The van der Waals surface area contributed by atoms with E-state index in [1.165, 1.54) is 6.26 Å². The molecule has 1 aliphatic heterocycles. The third-order valence-corrected chi connectivity index (χ3v) is 5.73. The van der Waals surface area contributed by atoms with E-state index in [1.807, 2.05) is 41.5 Å². The van der Waals surface area contributed by atoms with E-state index in [9.17, 15) is 8.42 Å². The lowest BCUT2D eigenvalue weighted by atomic mass is 9.79. The summed E-state index contributed by atoms with van der Waals surface area (Å²) in [5, 5.41) is 0. The maximum atomic E-state index is 12.1. The number of hydrogen-bond donors (Lipinski definition) is 0. The molecular weight excluding hydrogens is 329 g/mol. The van der Waals surface area contributed by atoms with Gasteiger partial charge in [-0.2, -0.15) is 0 Å². The lowest BCUT2D eigenvalue weighted by molar-refractivity contribution is 0.00578. The first-order chi connectivity index (χ1) is 10.9. The highest BCUT2D eigenvalue weighted by atomic mass is 32.2. The summed E-state index contributed by atoms with van der Waals surface area (Å²) in [5.41, 5.74) is -0.0691. The second-order valence-electron chi connectivity index (χ2n) is 6.97. The largest absolute Gasteiger partial charge is 0.500 e. The number of aryl methyl sites for hydroxylation is 1. The van der Waals surface area contributed by atoms with Crippen LogP contribution in [0.5, 0.6) is 5.88 Å². The van der Waals surface area contributed by atoms with Crippen molar-refractivity contribution in [1.29, 1.82) is 0 Å². The zero-order valence-electron chi connectivity index (χ0n) is 15.5. The molecule has 0 atom stereocenters. The number of pyridine rings is 1. The molecular formula is C16H26BNO5S. The highest BCUT2D eigenvalue weighted by Gasteiger charge is 2.53. The van der Waals surface area contributed by atoms with Gasteiger partial charge in [-0.15, -0.1) is 0 Å². The maximum absolute atomic E-state index is 12.1. The van der Waals surface area contributed by atoms with E-state index in [4.69, 9.17) is 14.0 Å². The van der Waals surface area contributed by atoms with Crippen molar-refractivity contribution in [3.05, 3.63) is 11.8 Å². The quantitative estimate of drug-likeness (QED) is 0.749. The SMILES string of the molecule is CCOc1nc(CC)c(S(C)(=O)=O)cc1B1OC(C)(C)C(C)(C)O1. The number of sulfone groups is 1. The Kier molecular flexibility index (Phi) is 5.05. The van der Waals surface area contributed by atoms with E-state index in [-0.39, 0.29) is 4.90 Å². The van der Waals surface area contributed by atoms with Crippen LogP contribution in [-0.2, 0) is 25.6 Å². The molecule has 0 unspecified atom stereocenters. The van der Waals surface area contributed by atoms with Crippen molar-refractivity contribution in [2.45, 2.75) is 64.1 Å². The van der Waals surface area contributed by atoms with Crippen molar-refractivity contribution in [1.82, 2.24) is 4.98 Å². The predicted octanol–water partition coefficient (Wildman–Crippen LogP) is 1.75. The number of aromatic nitrogens is 1. The molecule has 0 aliphatic carbocycles. The Balaban J connectivity index is 2.60. The first kappa shape index (κ1) is 19.2. The molecule has 2 rings (SSSR count). The molecule has 0 radical (unpaired) electrons. The van der Waals surface area contributed by atoms with E-state index in [2.05, 4.69) is 4.98 Å². The zero-order valence-corrected chi connectivity index (χ0v) is 16.3. The summed E-state index contributed by atoms with van der Waals surface area (Å²) in [7, 11) is -4.14. The van der Waals surface area contributed by atoms with Gasteiger partial charge in [0.2, 0.25) is 5.88 Å². The minimum Gasteiger partial charge on any atom is -0.478 e. The van der Waals surface area contributed by atoms with Crippen molar-refractivity contribution in [3.8, 4) is 5.88 Å². The fourth-order valence-electron chi connectivity index (χ4n) is 2.49. The molecule has 0 saturated carbocycles. The minimum atomic E-state index is -3.42. The minimum absolute atomic E-state index is 0.193. The van der Waals surface area contributed by atoms with Gasteiger partial charge in [0.05, 0.1) is 28.4 Å².